The topological polar surface area (TPSA) is 217 Å². The first-order valence-electron chi connectivity index (χ1n) is 10.9. The van der Waals surface area contributed by atoms with Crippen LogP contribution in [0.15, 0.2) is 34.8 Å². The van der Waals surface area contributed by atoms with Crippen molar-refractivity contribution in [2.45, 2.75) is 24.5 Å². The van der Waals surface area contributed by atoms with Gasteiger partial charge in [-0.1, -0.05) is 6.07 Å². The van der Waals surface area contributed by atoms with Crippen molar-refractivity contribution in [3.63, 3.8) is 0 Å². The van der Waals surface area contributed by atoms with Gasteiger partial charge in [0.15, 0.2) is 17.1 Å². The van der Waals surface area contributed by atoms with Gasteiger partial charge < -0.3 is 37.2 Å². The molecule has 2 amide bonds. The summed E-state index contributed by atoms with van der Waals surface area (Å²) in [6.07, 6.45) is 0.158. The van der Waals surface area contributed by atoms with E-state index in [9.17, 15) is 39.6 Å². The fraction of sp³-hybridized carbons (Fsp3) is 0.391. The summed E-state index contributed by atoms with van der Waals surface area (Å²) in [7, 11) is 3.12. The van der Waals surface area contributed by atoms with Crippen LogP contribution in [0.2, 0.25) is 0 Å². The molecule has 12 heteroatoms. The predicted molar refractivity (Wildman–Crippen MR) is 121 cm³/mol. The summed E-state index contributed by atoms with van der Waals surface area (Å²) in [6, 6.07) is 1.91. The van der Waals surface area contributed by atoms with E-state index >= 15 is 0 Å². The number of benzene rings is 1. The van der Waals surface area contributed by atoms with Crippen LogP contribution in [0, 0.1) is 11.8 Å². The molecule has 3 aliphatic carbocycles. The number of likely N-dealkylation sites (N-methyl/N-ethyl adjacent to an activating group) is 1. The van der Waals surface area contributed by atoms with Gasteiger partial charge in [0.1, 0.15) is 17.1 Å². The van der Waals surface area contributed by atoms with Gasteiger partial charge in [0, 0.05) is 11.5 Å². The van der Waals surface area contributed by atoms with Crippen molar-refractivity contribution in [1.29, 1.82) is 0 Å². The van der Waals surface area contributed by atoms with E-state index in [-0.39, 0.29) is 36.2 Å². The molecule has 0 saturated carbocycles. The number of carbonyl (C=O) groups excluding carboxylic acids is 4. The van der Waals surface area contributed by atoms with Crippen molar-refractivity contribution < 1.29 is 39.6 Å². The SMILES string of the molecule is CN(C)C1C(O)=C(C(N)=O)C(=O)C2(O)C(O)=C3C(=O)c4c(ccc(NC(=O)CN)c4O)CC3CC12. The predicted octanol–water partition coefficient (Wildman–Crippen LogP) is -0.982. The molecule has 0 saturated heterocycles. The van der Waals surface area contributed by atoms with Crippen LogP contribution in [0.3, 0.4) is 0 Å². The van der Waals surface area contributed by atoms with E-state index in [4.69, 9.17) is 11.5 Å². The van der Waals surface area contributed by atoms with Crippen molar-refractivity contribution in [2.75, 3.05) is 26.0 Å². The summed E-state index contributed by atoms with van der Waals surface area (Å²) in [6.45, 7) is -0.357. The van der Waals surface area contributed by atoms with Crippen molar-refractivity contribution in [3.05, 3.63) is 45.9 Å². The van der Waals surface area contributed by atoms with Crippen LogP contribution in [0.25, 0.3) is 0 Å². The second-order valence-corrected chi connectivity index (χ2v) is 9.21. The molecule has 0 aliphatic heterocycles. The molecule has 4 atom stereocenters. The number of hydrogen-bond acceptors (Lipinski definition) is 10. The Bertz CT molecular complexity index is 1250. The van der Waals surface area contributed by atoms with Crippen LogP contribution in [0.5, 0.6) is 5.75 Å². The average Bonchev–Trinajstić information content (AvgIpc) is 2.77. The third kappa shape index (κ3) is 3.32. The van der Waals surface area contributed by atoms with Gasteiger partial charge in [-0.3, -0.25) is 24.1 Å². The standard InChI is InChI=1S/C23H26N4O8/c1-27(2)16-10-6-9-5-8-3-4-11(26-12(28)7-24)17(29)13(8)18(30)14(9)20(32)23(10,35)21(33)15(19(16)31)22(25)34/h3-4,9-10,16,29,31-32,35H,5-7,24H2,1-2H3,(H2,25,34)(H,26,28). The van der Waals surface area contributed by atoms with E-state index in [2.05, 4.69) is 5.32 Å². The Morgan fingerprint density at radius 1 is 1.20 bits per heavy atom. The second kappa shape index (κ2) is 8.18. The van der Waals surface area contributed by atoms with Crippen LogP contribution < -0.4 is 16.8 Å². The second-order valence-electron chi connectivity index (χ2n) is 9.21. The Morgan fingerprint density at radius 3 is 2.43 bits per heavy atom. The van der Waals surface area contributed by atoms with Gasteiger partial charge >= 0.3 is 0 Å². The lowest BCUT2D eigenvalue weighted by atomic mass is 9.58. The Hall–Kier alpha value is -3.74. The first-order valence-corrected chi connectivity index (χ1v) is 10.9. The maximum Gasteiger partial charge on any atom is 0.255 e. The Balaban J connectivity index is 1.90. The summed E-state index contributed by atoms with van der Waals surface area (Å²) >= 11 is 0. The zero-order chi connectivity index (χ0) is 26.0. The van der Waals surface area contributed by atoms with Crippen LogP contribution in [-0.4, -0.2) is 81.0 Å². The number of primary amides is 1. The molecule has 12 nitrogen and oxygen atoms in total. The monoisotopic (exact) mass is 486 g/mol. The Morgan fingerprint density at radius 2 is 1.86 bits per heavy atom. The number of anilines is 1. The number of allylic oxidation sites excluding steroid dienone is 1. The zero-order valence-electron chi connectivity index (χ0n) is 19.0. The first-order chi connectivity index (χ1) is 16.4. The van der Waals surface area contributed by atoms with Crippen molar-refractivity contribution in [3.8, 4) is 5.75 Å². The lowest BCUT2D eigenvalue weighted by molar-refractivity contribution is -0.148. The molecule has 4 unspecified atom stereocenters. The normalized spacial score (nSPS) is 28.0. The third-order valence-corrected chi connectivity index (χ3v) is 7.05. The maximum atomic E-state index is 13.5. The molecule has 0 bridgehead atoms. The van der Waals surface area contributed by atoms with Crippen LogP contribution in [0.1, 0.15) is 22.3 Å². The van der Waals surface area contributed by atoms with Crippen LogP contribution >= 0.6 is 0 Å². The van der Waals surface area contributed by atoms with Crippen LogP contribution in [-0.2, 0) is 20.8 Å². The van der Waals surface area contributed by atoms with E-state index in [1.54, 1.807) is 20.2 Å². The maximum absolute atomic E-state index is 13.5. The fourth-order valence-corrected chi connectivity index (χ4v) is 5.53. The lowest BCUT2D eigenvalue weighted by Gasteiger charge is -2.50. The number of aliphatic hydroxyl groups is 3. The van der Waals surface area contributed by atoms with Gasteiger partial charge in [-0.2, -0.15) is 0 Å². The van der Waals surface area contributed by atoms with Crippen molar-refractivity contribution in [2.24, 2.45) is 23.3 Å². The number of carbonyl (C=O) groups is 4. The minimum Gasteiger partial charge on any atom is -0.510 e. The molecule has 186 valence electrons. The zero-order valence-corrected chi connectivity index (χ0v) is 19.0. The van der Waals surface area contributed by atoms with E-state index < -0.39 is 69.7 Å². The van der Waals surface area contributed by atoms with Gasteiger partial charge in [0.2, 0.25) is 11.7 Å². The molecule has 3 aliphatic rings. The number of hydrogen-bond donors (Lipinski definition) is 7. The van der Waals surface area contributed by atoms with Gasteiger partial charge in [-0.15, -0.1) is 0 Å². The largest absolute Gasteiger partial charge is 0.510 e. The molecule has 1 aromatic carbocycles. The summed E-state index contributed by atoms with van der Waals surface area (Å²) in [5, 5.41) is 46.5. The highest BCUT2D eigenvalue weighted by molar-refractivity contribution is 6.25. The highest BCUT2D eigenvalue weighted by atomic mass is 16.3. The Kier molecular flexibility index (Phi) is 5.70. The summed E-state index contributed by atoms with van der Waals surface area (Å²) in [5.41, 5.74) is 6.92. The summed E-state index contributed by atoms with van der Waals surface area (Å²) in [4.78, 5) is 51.9. The van der Waals surface area contributed by atoms with Gasteiger partial charge in [-0.05, 0) is 44.5 Å². The summed E-state index contributed by atoms with van der Waals surface area (Å²) < 4.78 is 0. The number of nitrogens with zero attached hydrogens (tertiary/aromatic N) is 1. The number of nitrogens with one attached hydrogen (secondary N) is 1. The first kappa shape index (κ1) is 24.4. The molecule has 35 heavy (non-hydrogen) atoms. The van der Waals surface area contributed by atoms with Gasteiger partial charge in [0.25, 0.3) is 5.91 Å². The molecule has 0 spiro atoms. The molecule has 1 aromatic rings. The highest BCUT2D eigenvalue weighted by Crippen LogP contribution is 2.52. The van der Waals surface area contributed by atoms with Gasteiger partial charge in [-0.25, -0.2) is 0 Å². The molecule has 0 heterocycles. The number of ketones is 2. The quantitative estimate of drug-likeness (QED) is 0.204. The highest BCUT2D eigenvalue weighted by Gasteiger charge is 2.63. The number of rotatable bonds is 4. The lowest BCUT2D eigenvalue weighted by Crippen LogP contribution is -2.63. The van der Waals surface area contributed by atoms with E-state index in [0.29, 0.717) is 5.56 Å². The number of fused-ring (bicyclic) bond motifs is 3. The average molecular weight is 486 g/mol. The molecule has 4 rings (SSSR count). The smallest absolute Gasteiger partial charge is 0.255 e. The molecule has 0 aromatic heterocycles. The number of nitrogens with two attached hydrogens (primary N) is 2. The number of aliphatic hydroxyl groups excluding tert-OH is 2. The third-order valence-electron chi connectivity index (χ3n) is 7.05. The fourth-order valence-electron chi connectivity index (χ4n) is 5.53. The van der Waals surface area contributed by atoms with Crippen molar-refractivity contribution in [1.82, 2.24) is 4.90 Å². The minimum absolute atomic E-state index is 0.00180. The number of aromatic hydroxyl groups is 1. The minimum atomic E-state index is -2.70. The van der Waals surface area contributed by atoms with Crippen molar-refractivity contribution >= 4 is 29.1 Å². The van der Waals surface area contributed by atoms with Gasteiger partial charge in [0.05, 0.1) is 23.8 Å². The number of Topliss-reactive ketones (excluding diaryl/α,β-unsaturated/α-hetero) is 2. The molecule has 9 N–H and O–H groups in total. The van der Waals surface area contributed by atoms with Crippen LogP contribution in [0.4, 0.5) is 5.69 Å². The number of phenols is 1. The number of amides is 2. The molecular weight excluding hydrogens is 460 g/mol. The summed E-state index contributed by atoms with van der Waals surface area (Å²) in [5.74, 6) is -7.91. The van der Waals surface area contributed by atoms with E-state index in [1.165, 1.54) is 11.0 Å². The van der Waals surface area contributed by atoms with E-state index in [1.807, 2.05) is 0 Å². The molecular formula is C23H26N4O8. The molecule has 0 fully saturated rings. The number of phenolic OH excluding ortho intramolecular Hbond substituents is 1. The van der Waals surface area contributed by atoms with E-state index in [0.717, 1.165) is 0 Å². The molecule has 0 radical (unpaired) electrons. The Labute approximate surface area is 199 Å².